The molecule has 140 valence electrons. The Labute approximate surface area is 159 Å². The number of hydrogen-bond acceptors (Lipinski definition) is 3. The third-order valence-corrected chi connectivity index (χ3v) is 4.47. The first-order valence-electron chi connectivity index (χ1n) is 9.11. The van der Waals surface area contributed by atoms with E-state index in [2.05, 4.69) is 41.6 Å². The first-order chi connectivity index (χ1) is 13.2. The number of oxime groups is 1. The zero-order chi connectivity index (χ0) is 19.1. The van der Waals surface area contributed by atoms with Gasteiger partial charge in [-0.2, -0.15) is 0 Å². The molecule has 3 aromatic carbocycles. The number of hydrogen-bond donors (Lipinski definition) is 0. The summed E-state index contributed by atoms with van der Waals surface area (Å²) >= 11 is 0. The second-order valence-corrected chi connectivity index (χ2v) is 6.54. The molecule has 0 radical (unpaired) electrons. The van der Waals surface area contributed by atoms with Crippen molar-refractivity contribution in [3.63, 3.8) is 0 Å². The highest BCUT2D eigenvalue weighted by Gasteiger charge is 2.11. The molecule has 3 rings (SSSR count). The number of rotatable bonds is 8. The van der Waals surface area contributed by atoms with Crippen molar-refractivity contribution in [2.45, 2.75) is 25.9 Å². The normalized spacial score (nSPS) is 12.9. The minimum Gasteiger partial charge on any atom is -0.399 e. The SMILES string of the molecule is CON=C(CC(C)OCCc1ccc2ccccc2c1)c1ccc(F)cc1. The highest BCUT2D eigenvalue weighted by molar-refractivity contribution is 6.00. The average molecular weight is 365 g/mol. The van der Waals surface area contributed by atoms with Gasteiger partial charge in [-0.3, -0.25) is 0 Å². The molecule has 0 spiro atoms. The summed E-state index contributed by atoms with van der Waals surface area (Å²) in [4.78, 5) is 4.94. The van der Waals surface area contributed by atoms with Crippen LogP contribution in [0.5, 0.6) is 0 Å². The van der Waals surface area contributed by atoms with Gasteiger partial charge in [-0.25, -0.2) is 4.39 Å². The molecule has 0 heterocycles. The molecule has 0 aliphatic rings. The highest BCUT2D eigenvalue weighted by Crippen LogP contribution is 2.16. The second kappa shape index (κ2) is 9.28. The Balaban J connectivity index is 1.55. The predicted molar refractivity (Wildman–Crippen MR) is 108 cm³/mol. The van der Waals surface area contributed by atoms with Crippen molar-refractivity contribution in [1.82, 2.24) is 0 Å². The fourth-order valence-corrected chi connectivity index (χ4v) is 3.06. The van der Waals surface area contributed by atoms with Crippen LogP contribution >= 0.6 is 0 Å². The quantitative estimate of drug-likeness (QED) is 0.397. The van der Waals surface area contributed by atoms with Crippen molar-refractivity contribution in [1.29, 1.82) is 0 Å². The average Bonchev–Trinajstić information content (AvgIpc) is 2.68. The molecular formula is C23H24FNO2. The van der Waals surface area contributed by atoms with Gasteiger partial charge in [0.2, 0.25) is 0 Å². The molecule has 0 amide bonds. The van der Waals surface area contributed by atoms with Gasteiger partial charge in [0.05, 0.1) is 18.4 Å². The zero-order valence-electron chi connectivity index (χ0n) is 15.7. The minimum atomic E-state index is -0.268. The second-order valence-electron chi connectivity index (χ2n) is 6.54. The molecule has 0 aromatic heterocycles. The predicted octanol–water partition coefficient (Wildman–Crippen LogP) is 5.37. The van der Waals surface area contributed by atoms with E-state index in [1.807, 2.05) is 13.0 Å². The maximum atomic E-state index is 13.1. The van der Waals surface area contributed by atoms with Crippen molar-refractivity contribution in [3.8, 4) is 0 Å². The van der Waals surface area contributed by atoms with Crippen molar-refractivity contribution >= 4 is 16.5 Å². The lowest BCUT2D eigenvalue weighted by atomic mass is 10.0. The Kier molecular flexibility index (Phi) is 6.55. The van der Waals surface area contributed by atoms with Crippen LogP contribution < -0.4 is 0 Å². The molecule has 0 N–H and O–H groups in total. The van der Waals surface area contributed by atoms with Gasteiger partial charge >= 0.3 is 0 Å². The van der Waals surface area contributed by atoms with Gasteiger partial charge in [0.25, 0.3) is 0 Å². The van der Waals surface area contributed by atoms with Crippen LogP contribution in [-0.2, 0) is 16.0 Å². The van der Waals surface area contributed by atoms with E-state index in [4.69, 9.17) is 9.57 Å². The molecule has 0 saturated carbocycles. The Morgan fingerprint density at radius 3 is 2.48 bits per heavy atom. The summed E-state index contributed by atoms with van der Waals surface area (Å²) < 4.78 is 19.1. The van der Waals surface area contributed by atoms with E-state index < -0.39 is 0 Å². The lowest BCUT2D eigenvalue weighted by molar-refractivity contribution is 0.0727. The topological polar surface area (TPSA) is 30.8 Å². The summed E-state index contributed by atoms with van der Waals surface area (Å²) in [5, 5.41) is 6.57. The van der Waals surface area contributed by atoms with Gasteiger partial charge in [0.1, 0.15) is 12.9 Å². The van der Waals surface area contributed by atoms with Crippen LogP contribution in [0, 0.1) is 5.82 Å². The van der Waals surface area contributed by atoms with Crippen molar-refractivity contribution in [2.75, 3.05) is 13.7 Å². The fourth-order valence-electron chi connectivity index (χ4n) is 3.06. The first kappa shape index (κ1) is 19.1. The van der Waals surface area contributed by atoms with E-state index in [9.17, 15) is 4.39 Å². The van der Waals surface area contributed by atoms with Gasteiger partial charge < -0.3 is 9.57 Å². The first-order valence-corrected chi connectivity index (χ1v) is 9.11. The highest BCUT2D eigenvalue weighted by atomic mass is 19.1. The Bertz CT molecular complexity index is 906. The summed E-state index contributed by atoms with van der Waals surface area (Å²) in [6.45, 7) is 2.64. The summed E-state index contributed by atoms with van der Waals surface area (Å²) in [7, 11) is 1.51. The van der Waals surface area contributed by atoms with Gasteiger partial charge in [0, 0.05) is 6.42 Å². The van der Waals surface area contributed by atoms with Crippen molar-refractivity contribution in [3.05, 3.63) is 83.7 Å². The van der Waals surface area contributed by atoms with Gasteiger partial charge in [0.15, 0.2) is 0 Å². The van der Waals surface area contributed by atoms with Crippen LogP contribution in [0.25, 0.3) is 10.8 Å². The maximum absolute atomic E-state index is 13.1. The third-order valence-electron chi connectivity index (χ3n) is 4.47. The molecule has 27 heavy (non-hydrogen) atoms. The van der Waals surface area contributed by atoms with Crippen LogP contribution in [0.15, 0.2) is 71.9 Å². The standard InChI is InChI=1S/C23H24FNO2/c1-17(15-23(25-26-2)20-9-11-22(24)12-10-20)27-14-13-18-7-8-19-5-3-4-6-21(19)16-18/h3-12,16-17H,13-15H2,1-2H3. The van der Waals surface area contributed by atoms with E-state index >= 15 is 0 Å². The fraction of sp³-hybridized carbons (Fsp3) is 0.261. The van der Waals surface area contributed by atoms with Crippen molar-refractivity contribution in [2.24, 2.45) is 5.16 Å². The third kappa shape index (κ3) is 5.38. The van der Waals surface area contributed by atoms with E-state index in [-0.39, 0.29) is 11.9 Å². The van der Waals surface area contributed by atoms with E-state index in [0.717, 1.165) is 17.7 Å². The van der Waals surface area contributed by atoms with E-state index in [1.54, 1.807) is 12.1 Å². The minimum absolute atomic E-state index is 0.0237. The Hall–Kier alpha value is -2.72. The Morgan fingerprint density at radius 1 is 1.00 bits per heavy atom. The maximum Gasteiger partial charge on any atom is 0.123 e. The van der Waals surface area contributed by atoms with Gasteiger partial charge in [-0.1, -0.05) is 59.8 Å². The summed E-state index contributed by atoms with van der Waals surface area (Å²) in [5.74, 6) is -0.268. The molecule has 0 bridgehead atoms. The molecule has 4 heteroatoms. The molecule has 3 aromatic rings. The molecule has 1 unspecified atom stereocenters. The zero-order valence-corrected chi connectivity index (χ0v) is 15.7. The summed E-state index contributed by atoms with van der Waals surface area (Å²) in [6, 6.07) is 21.1. The van der Waals surface area contributed by atoms with Gasteiger partial charge in [-0.05, 0) is 47.4 Å². The van der Waals surface area contributed by atoms with Crippen LogP contribution in [0.2, 0.25) is 0 Å². The molecular weight excluding hydrogens is 341 g/mol. The largest absolute Gasteiger partial charge is 0.399 e. The smallest absolute Gasteiger partial charge is 0.123 e. The molecule has 0 saturated heterocycles. The lowest BCUT2D eigenvalue weighted by Gasteiger charge is -2.15. The van der Waals surface area contributed by atoms with Crippen LogP contribution in [0.3, 0.4) is 0 Å². The Morgan fingerprint density at radius 2 is 1.74 bits per heavy atom. The summed E-state index contributed by atoms with van der Waals surface area (Å²) in [6.07, 6.45) is 1.42. The van der Waals surface area contributed by atoms with E-state index in [1.165, 1.54) is 35.6 Å². The molecule has 0 aliphatic heterocycles. The van der Waals surface area contributed by atoms with Crippen LogP contribution in [-0.4, -0.2) is 25.5 Å². The monoisotopic (exact) mass is 365 g/mol. The van der Waals surface area contributed by atoms with Gasteiger partial charge in [-0.15, -0.1) is 0 Å². The van der Waals surface area contributed by atoms with Crippen molar-refractivity contribution < 1.29 is 14.0 Å². The number of ether oxygens (including phenoxy) is 1. The molecule has 0 fully saturated rings. The van der Waals surface area contributed by atoms with Crippen LogP contribution in [0.1, 0.15) is 24.5 Å². The number of fused-ring (bicyclic) bond motifs is 1. The van der Waals surface area contributed by atoms with Crippen LogP contribution in [0.4, 0.5) is 4.39 Å². The number of halogens is 1. The summed E-state index contributed by atoms with van der Waals surface area (Å²) in [5.41, 5.74) is 2.84. The van der Waals surface area contributed by atoms with E-state index in [0.29, 0.717) is 13.0 Å². The molecule has 1 atom stereocenters. The molecule has 0 aliphatic carbocycles. The molecule has 3 nitrogen and oxygen atoms in total. The number of benzene rings is 3. The lowest BCUT2D eigenvalue weighted by Crippen LogP contribution is -2.17. The number of nitrogens with zero attached hydrogens (tertiary/aromatic N) is 1.